The van der Waals surface area contributed by atoms with Crippen LogP contribution >= 0.6 is 0 Å². The van der Waals surface area contributed by atoms with E-state index in [9.17, 15) is 21.6 Å². The number of hydrogen-bond donors (Lipinski definition) is 1. The average Bonchev–Trinajstić information content (AvgIpc) is 3.04. The van der Waals surface area contributed by atoms with E-state index in [4.69, 9.17) is 4.74 Å². The van der Waals surface area contributed by atoms with E-state index in [1.165, 1.54) is 37.7 Å². The van der Waals surface area contributed by atoms with Crippen molar-refractivity contribution < 1.29 is 26.3 Å². The van der Waals surface area contributed by atoms with Crippen LogP contribution in [-0.2, 0) is 33.8 Å². The third kappa shape index (κ3) is 7.21. The molecule has 2 aromatic rings. The van der Waals surface area contributed by atoms with Crippen molar-refractivity contribution in [2.24, 2.45) is 0 Å². The second-order valence-electron chi connectivity index (χ2n) is 9.44. The minimum atomic E-state index is -4.51. The summed E-state index contributed by atoms with van der Waals surface area (Å²) >= 11 is 0. The number of fused-ring (bicyclic) bond motifs is 1. The van der Waals surface area contributed by atoms with Crippen molar-refractivity contribution in [2.75, 3.05) is 31.0 Å². The van der Waals surface area contributed by atoms with E-state index < -0.39 is 21.8 Å². The molecule has 0 bridgehead atoms. The molecule has 35 heavy (non-hydrogen) atoms. The van der Waals surface area contributed by atoms with E-state index in [0.717, 1.165) is 75.3 Å². The van der Waals surface area contributed by atoms with Gasteiger partial charge in [-0.1, -0.05) is 25.3 Å². The third-order valence-electron chi connectivity index (χ3n) is 6.87. The van der Waals surface area contributed by atoms with Crippen LogP contribution < -0.4 is 4.72 Å². The first-order chi connectivity index (χ1) is 16.7. The maximum Gasteiger partial charge on any atom is 0.416 e. The summed E-state index contributed by atoms with van der Waals surface area (Å²) in [5.74, 6) is 0. The quantitative estimate of drug-likeness (QED) is 0.467. The molecule has 2 aliphatic rings. The number of halogens is 3. The van der Waals surface area contributed by atoms with Gasteiger partial charge in [-0.05, 0) is 79.6 Å². The molecule has 1 aliphatic carbocycles. The highest BCUT2D eigenvalue weighted by atomic mass is 32.2. The van der Waals surface area contributed by atoms with Gasteiger partial charge in [0.25, 0.3) is 10.0 Å². The SMILES string of the molecule is O=S(=O)(Nc1ccc2c(c1)CCN(CCCOC1CCCCC1)CC2)c1ccc(C(F)(F)F)cc1. The summed E-state index contributed by atoms with van der Waals surface area (Å²) < 4.78 is 72.3. The fourth-order valence-electron chi connectivity index (χ4n) is 4.87. The molecule has 0 spiro atoms. The first-order valence-corrected chi connectivity index (χ1v) is 13.8. The zero-order valence-corrected chi connectivity index (χ0v) is 20.6. The normalized spacial score (nSPS) is 18.1. The molecule has 0 unspecified atom stereocenters. The summed E-state index contributed by atoms with van der Waals surface area (Å²) in [6.45, 7) is 3.62. The van der Waals surface area contributed by atoms with Gasteiger partial charge >= 0.3 is 6.18 Å². The second-order valence-corrected chi connectivity index (χ2v) is 11.1. The van der Waals surface area contributed by atoms with E-state index in [1.807, 2.05) is 12.1 Å². The van der Waals surface area contributed by atoms with Crippen molar-refractivity contribution in [3.05, 3.63) is 59.2 Å². The molecule has 1 aliphatic heterocycles. The van der Waals surface area contributed by atoms with E-state index in [1.54, 1.807) is 6.07 Å². The highest BCUT2D eigenvalue weighted by Gasteiger charge is 2.30. The minimum Gasteiger partial charge on any atom is -0.378 e. The number of nitrogens with zero attached hydrogens (tertiary/aromatic N) is 1. The Hall–Kier alpha value is -2.10. The van der Waals surface area contributed by atoms with Crippen LogP contribution in [0.2, 0.25) is 0 Å². The molecule has 5 nitrogen and oxygen atoms in total. The molecule has 0 amide bonds. The molecule has 1 saturated carbocycles. The van der Waals surface area contributed by atoms with Crippen LogP contribution in [0.1, 0.15) is 55.2 Å². The monoisotopic (exact) mass is 510 g/mol. The van der Waals surface area contributed by atoms with Crippen molar-refractivity contribution in [3.8, 4) is 0 Å². The largest absolute Gasteiger partial charge is 0.416 e. The summed E-state index contributed by atoms with van der Waals surface area (Å²) in [6.07, 6.45) is 4.88. The van der Waals surface area contributed by atoms with E-state index in [0.29, 0.717) is 11.8 Å². The minimum absolute atomic E-state index is 0.206. The van der Waals surface area contributed by atoms with Gasteiger partial charge in [0.05, 0.1) is 16.6 Å². The van der Waals surface area contributed by atoms with Gasteiger partial charge in [0, 0.05) is 31.9 Å². The Labute approximate surface area is 205 Å². The van der Waals surface area contributed by atoms with Gasteiger partial charge in [-0.25, -0.2) is 8.42 Å². The molecule has 0 radical (unpaired) electrons. The molecule has 9 heteroatoms. The standard InChI is InChI=1S/C26H33F3N2O3S/c27-26(28,29)22-8-11-25(12-9-22)35(32,33)30-23-10-7-20-13-16-31(17-14-21(20)19-23)15-4-18-34-24-5-2-1-3-6-24/h7-12,19,24,30H,1-6,13-18H2. The lowest BCUT2D eigenvalue weighted by Crippen LogP contribution is -2.29. The third-order valence-corrected chi connectivity index (χ3v) is 8.27. The lowest BCUT2D eigenvalue weighted by atomic mass is 9.98. The molecule has 1 heterocycles. The maximum absolute atomic E-state index is 12.8. The first kappa shape index (κ1) is 26.0. The van der Waals surface area contributed by atoms with Crippen LogP contribution in [0.5, 0.6) is 0 Å². The van der Waals surface area contributed by atoms with Crippen LogP contribution in [0.25, 0.3) is 0 Å². The van der Waals surface area contributed by atoms with Crippen molar-refractivity contribution in [2.45, 2.75) is 68.5 Å². The molecule has 4 rings (SSSR count). The molecule has 0 atom stereocenters. The Morgan fingerprint density at radius 1 is 0.943 bits per heavy atom. The summed E-state index contributed by atoms with van der Waals surface area (Å²) in [5, 5.41) is 0. The molecule has 1 N–H and O–H groups in total. The number of alkyl halides is 3. The van der Waals surface area contributed by atoms with Gasteiger partial charge in [0.2, 0.25) is 0 Å². The number of rotatable bonds is 8. The van der Waals surface area contributed by atoms with Gasteiger partial charge in [-0.3, -0.25) is 4.72 Å². The Balaban J connectivity index is 1.30. The Kier molecular flexibility index (Phi) is 8.39. The predicted molar refractivity (Wildman–Crippen MR) is 130 cm³/mol. The number of benzene rings is 2. The number of ether oxygens (including phenoxy) is 1. The first-order valence-electron chi connectivity index (χ1n) is 12.4. The topological polar surface area (TPSA) is 58.6 Å². The van der Waals surface area contributed by atoms with Crippen molar-refractivity contribution in [1.82, 2.24) is 4.90 Å². The zero-order valence-electron chi connectivity index (χ0n) is 19.8. The Morgan fingerprint density at radius 2 is 1.63 bits per heavy atom. The van der Waals surface area contributed by atoms with E-state index >= 15 is 0 Å². The highest BCUT2D eigenvalue weighted by Crippen LogP contribution is 2.30. The molecule has 2 aromatic carbocycles. The maximum atomic E-state index is 12.8. The van der Waals surface area contributed by atoms with E-state index in [-0.39, 0.29) is 4.90 Å². The summed E-state index contributed by atoms with van der Waals surface area (Å²) in [6, 6.07) is 9.01. The summed E-state index contributed by atoms with van der Waals surface area (Å²) in [7, 11) is -3.99. The van der Waals surface area contributed by atoms with Crippen molar-refractivity contribution in [1.29, 1.82) is 0 Å². The summed E-state index contributed by atoms with van der Waals surface area (Å²) in [4.78, 5) is 2.22. The van der Waals surface area contributed by atoms with Crippen LogP contribution in [-0.4, -0.2) is 45.7 Å². The lowest BCUT2D eigenvalue weighted by molar-refractivity contribution is -0.137. The number of hydrogen-bond acceptors (Lipinski definition) is 4. The second kappa shape index (κ2) is 11.3. The number of nitrogens with one attached hydrogen (secondary N) is 1. The van der Waals surface area contributed by atoms with Gasteiger partial charge in [-0.2, -0.15) is 13.2 Å². The van der Waals surface area contributed by atoms with Crippen molar-refractivity contribution >= 4 is 15.7 Å². The van der Waals surface area contributed by atoms with Gasteiger partial charge in [0.1, 0.15) is 0 Å². The Bertz CT molecular complexity index is 1080. The Morgan fingerprint density at radius 3 is 2.31 bits per heavy atom. The smallest absolute Gasteiger partial charge is 0.378 e. The zero-order chi connectivity index (χ0) is 24.9. The number of sulfonamides is 1. The van der Waals surface area contributed by atoms with Crippen LogP contribution in [0.4, 0.5) is 18.9 Å². The average molecular weight is 511 g/mol. The lowest BCUT2D eigenvalue weighted by Gasteiger charge is -2.23. The molecule has 0 aromatic heterocycles. The molecule has 192 valence electrons. The van der Waals surface area contributed by atoms with Crippen molar-refractivity contribution in [3.63, 3.8) is 0 Å². The molecule has 0 saturated heterocycles. The van der Waals surface area contributed by atoms with E-state index in [2.05, 4.69) is 9.62 Å². The van der Waals surface area contributed by atoms with Gasteiger partial charge in [0.15, 0.2) is 0 Å². The van der Waals surface area contributed by atoms with Crippen LogP contribution in [0.15, 0.2) is 47.4 Å². The predicted octanol–water partition coefficient (Wildman–Crippen LogP) is 5.65. The highest BCUT2D eigenvalue weighted by molar-refractivity contribution is 7.92. The summed E-state index contributed by atoms with van der Waals surface area (Å²) in [5.41, 5.74) is 1.83. The molecular weight excluding hydrogens is 477 g/mol. The fourth-order valence-corrected chi connectivity index (χ4v) is 5.92. The van der Waals surface area contributed by atoms with Gasteiger partial charge < -0.3 is 9.64 Å². The molecular formula is C26H33F3N2O3S. The van der Waals surface area contributed by atoms with Gasteiger partial charge in [-0.15, -0.1) is 0 Å². The van der Waals surface area contributed by atoms with Crippen LogP contribution in [0, 0.1) is 0 Å². The van der Waals surface area contributed by atoms with Crippen LogP contribution in [0.3, 0.4) is 0 Å². The fraction of sp³-hybridized carbons (Fsp3) is 0.538. The molecule has 1 fully saturated rings. The number of anilines is 1.